The molecule has 0 bridgehead atoms. The summed E-state index contributed by atoms with van der Waals surface area (Å²) in [6.45, 7) is 2.12. The molecule has 0 radical (unpaired) electrons. The van der Waals surface area contributed by atoms with Gasteiger partial charge in [-0.25, -0.2) is 4.79 Å². The maximum atomic E-state index is 11.3. The van der Waals surface area contributed by atoms with Gasteiger partial charge in [0.2, 0.25) is 0 Å². The summed E-state index contributed by atoms with van der Waals surface area (Å²) in [5.74, 6) is -1.45. The second kappa shape index (κ2) is 26.4. The summed E-state index contributed by atoms with van der Waals surface area (Å²) in [7, 11) is 0. The van der Waals surface area contributed by atoms with E-state index in [1.165, 1.54) is 70.3 Å². The number of rotatable bonds is 21. The van der Waals surface area contributed by atoms with Gasteiger partial charge in [0.1, 0.15) is 18.8 Å². The number of carbonyl (C=O) groups is 2. The SMILES string of the molecule is CCCCCCCCCCCCC/C=C/C(=O)OCC(O)CO.NC(N)=NCCCC(N)C(=O)O. The third kappa shape index (κ3) is 29.8. The second-order valence-electron chi connectivity index (χ2n) is 8.59. The number of carbonyl (C=O) groups excluding carboxylic acids is 1. The van der Waals surface area contributed by atoms with E-state index in [4.69, 9.17) is 37.3 Å². The molecular formula is C25H50N4O6. The van der Waals surface area contributed by atoms with Crippen molar-refractivity contribution in [2.24, 2.45) is 22.2 Å². The minimum Gasteiger partial charge on any atom is -0.480 e. The van der Waals surface area contributed by atoms with Gasteiger partial charge < -0.3 is 37.3 Å². The monoisotopic (exact) mass is 502 g/mol. The Morgan fingerprint density at radius 3 is 1.97 bits per heavy atom. The number of unbranched alkanes of at least 4 members (excludes halogenated alkanes) is 11. The fraction of sp³-hybridized carbons (Fsp3) is 0.800. The summed E-state index contributed by atoms with van der Waals surface area (Å²) < 4.78 is 4.77. The number of hydrogen-bond acceptors (Lipinski definition) is 7. The molecule has 0 heterocycles. The van der Waals surface area contributed by atoms with Crippen LogP contribution in [0.15, 0.2) is 17.1 Å². The number of aliphatic hydroxyl groups excluding tert-OH is 2. The van der Waals surface area contributed by atoms with Gasteiger partial charge in [-0.05, 0) is 25.7 Å². The molecule has 0 aromatic carbocycles. The summed E-state index contributed by atoms with van der Waals surface area (Å²) in [5, 5.41) is 26.0. The van der Waals surface area contributed by atoms with Crippen LogP contribution >= 0.6 is 0 Å². The van der Waals surface area contributed by atoms with E-state index in [-0.39, 0.29) is 12.6 Å². The minimum absolute atomic E-state index is 0.0129. The number of aliphatic hydroxyl groups is 2. The number of ether oxygens (including phenoxy) is 1. The molecule has 0 aliphatic heterocycles. The molecule has 0 saturated carbocycles. The number of allylic oxidation sites excluding steroid dienone is 1. The van der Waals surface area contributed by atoms with Crippen molar-refractivity contribution < 1.29 is 29.6 Å². The highest BCUT2D eigenvalue weighted by Gasteiger charge is 2.09. The van der Waals surface area contributed by atoms with E-state index < -0.39 is 30.7 Å². The average molecular weight is 503 g/mol. The van der Waals surface area contributed by atoms with Gasteiger partial charge in [-0.2, -0.15) is 0 Å². The smallest absolute Gasteiger partial charge is 0.330 e. The Kier molecular flexibility index (Phi) is 26.4. The lowest BCUT2D eigenvalue weighted by molar-refractivity contribution is -0.141. The molecule has 0 spiro atoms. The minimum atomic E-state index is -1.00. The van der Waals surface area contributed by atoms with Crippen LogP contribution in [0.5, 0.6) is 0 Å². The maximum Gasteiger partial charge on any atom is 0.330 e. The van der Waals surface area contributed by atoms with Crippen molar-refractivity contribution in [1.29, 1.82) is 0 Å². The number of nitrogens with two attached hydrogens (primary N) is 3. The molecule has 0 fully saturated rings. The number of aliphatic carboxylic acids is 1. The summed E-state index contributed by atoms with van der Waals surface area (Å²) >= 11 is 0. The quantitative estimate of drug-likeness (QED) is 0.0449. The van der Waals surface area contributed by atoms with Crippen molar-refractivity contribution in [3.05, 3.63) is 12.2 Å². The third-order valence-electron chi connectivity index (χ3n) is 5.14. The summed E-state index contributed by atoms with van der Waals surface area (Å²) in [6.07, 6.45) is 18.6. The van der Waals surface area contributed by atoms with Crippen molar-refractivity contribution in [3.63, 3.8) is 0 Å². The fourth-order valence-corrected chi connectivity index (χ4v) is 3.03. The van der Waals surface area contributed by atoms with Gasteiger partial charge >= 0.3 is 11.9 Å². The molecule has 206 valence electrons. The number of hydrogen-bond donors (Lipinski definition) is 6. The van der Waals surface area contributed by atoms with Crippen LogP contribution in [0, 0.1) is 0 Å². The Labute approximate surface area is 211 Å². The normalized spacial score (nSPS) is 12.5. The van der Waals surface area contributed by atoms with Crippen LogP contribution in [-0.4, -0.2) is 65.1 Å². The first-order chi connectivity index (χ1) is 16.7. The molecule has 0 aliphatic rings. The first-order valence-corrected chi connectivity index (χ1v) is 12.9. The van der Waals surface area contributed by atoms with Crippen LogP contribution in [0.1, 0.15) is 96.8 Å². The molecule has 0 aliphatic carbocycles. The van der Waals surface area contributed by atoms with E-state index in [1.807, 2.05) is 6.08 Å². The lowest BCUT2D eigenvalue weighted by atomic mass is 10.1. The van der Waals surface area contributed by atoms with Gasteiger partial charge in [-0.15, -0.1) is 0 Å². The van der Waals surface area contributed by atoms with Crippen LogP contribution in [0.3, 0.4) is 0 Å². The number of esters is 1. The summed E-state index contributed by atoms with van der Waals surface area (Å²) in [5.41, 5.74) is 15.3. The van der Waals surface area contributed by atoms with Crippen molar-refractivity contribution in [2.75, 3.05) is 19.8 Å². The molecule has 0 aromatic heterocycles. The van der Waals surface area contributed by atoms with Crippen molar-refractivity contribution in [2.45, 2.75) is 109 Å². The lowest BCUT2D eigenvalue weighted by Crippen LogP contribution is -2.30. The number of nitrogens with zero attached hydrogens (tertiary/aromatic N) is 1. The Hall–Kier alpha value is -2.17. The standard InChI is InChI=1S/C19H36O4.C6H14N4O2/c1-2-3-4-5-6-7-8-9-10-11-12-13-14-15-19(22)23-17-18(21)16-20;7-4(5(11)12)2-1-3-10-6(8)9/h14-15,18,20-21H,2-13,16-17H2,1H3;4H,1-3,7H2,(H,11,12)(H4,8,9,10)/b15-14+;. The summed E-state index contributed by atoms with van der Waals surface area (Å²) in [6, 6.07) is -0.820. The van der Waals surface area contributed by atoms with E-state index in [0.717, 1.165) is 12.8 Å². The van der Waals surface area contributed by atoms with E-state index in [0.29, 0.717) is 19.4 Å². The molecule has 2 unspecified atom stereocenters. The van der Waals surface area contributed by atoms with Crippen LogP contribution in [0.4, 0.5) is 0 Å². The van der Waals surface area contributed by atoms with Gasteiger partial charge in [0.15, 0.2) is 5.96 Å². The van der Waals surface area contributed by atoms with Gasteiger partial charge in [-0.3, -0.25) is 9.79 Å². The predicted molar refractivity (Wildman–Crippen MR) is 140 cm³/mol. The fourth-order valence-electron chi connectivity index (χ4n) is 3.03. The first-order valence-electron chi connectivity index (χ1n) is 12.9. The summed E-state index contributed by atoms with van der Waals surface area (Å²) in [4.78, 5) is 25.2. The highest BCUT2D eigenvalue weighted by molar-refractivity contribution is 5.81. The van der Waals surface area contributed by atoms with Crippen molar-refractivity contribution in [1.82, 2.24) is 0 Å². The molecule has 9 N–H and O–H groups in total. The molecule has 0 rings (SSSR count). The molecule has 0 amide bonds. The van der Waals surface area contributed by atoms with Gasteiger partial charge in [0.05, 0.1) is 6.61 Å². The lowest BCUT2D eigenvalue weighted by Gasteiger charge is -2.06. The van der Waals surface area contributed by atoms with Crippen LogP contribution < -0.4 is 17.2 Å². The average Bonchev–Trinajstić information content (AvgIpc) is 2.83. The topological polar surface area (TPSA) is 194 Å². The number of aliphatic imine (C=N–C) groups is 1. The number of carboxylic acid groups (broad SMARTS) is 1. The van der Waals surface area contributed by atoms with Crippen molar-refractivity contribution >= 4 is 17.9 Å². The molecule has 0 saturated heterocycles. The molecule has 10 heteroatoms. The predicted octanol–water partition coefficient (Wildman–Crippen LogP) is 2.59. The Balaban J connectivity index is 0. The third-order valence-corrected chi connectivity index (χ3v) is 5.14. The number of carboxylic acids is 1. The highest BCUT2D eigenvalue weighted by Crippen LogP contribution is 2.12. The molecule has 2 atom stereocenters. The van der Waals surface area contributed by atoms with Gasteiger partial charge in [0.25, 0.3) is 0 Å². The zero-order chi connectivity index (χ0) is 26.7. The second-order valence-corrected chi connectivity index (χ2v) is 8.59. The number of guanidine groups is 1. The zero-order valence-corrected chi connectivity index (χ0v) is 21.6. The van der Waals surface area contributed by atoms with E-state index in [9.17, 15) is 9.59 Å². The highest BCUT2D eigenvalue weighted by atomic mass is 16.5. The maximum absolute atomic E-state index is 11.3. The molecule has 35 heavy (non-hydrogen) atoms. The molecule has 10 nitrogen and oxygen atoms in total. The van der Waals surface area contributed by atoms with E-state index in [1.54, 1.807) is 0 Å². The molecule has 0 aromatic rings. The molecular weight excluding hydrogens is 452 g/mol. The first kappa shape index (κ1) is 35.0. The van der Waals surface area contributed by atoms with E-state index >= 15 is 0 Å². The van der Waals surface area contributed by atoms with Crippen LogP contribution in [0.2, 0.25) is 0 Å². The van der Waals surface area contributed by atoms with Gasteiger partial charge in [-0.1, -0.05) is 77.2 Å². The zero-order valence-electron chi connectivity index (χ0n) is 21.6. The Morgan fingerprint density at radius 2 is 1.49 bits per heavy atom. The van der Waals surface area contributed by atoms with Crippen LogP contribution in [0.25, 0.3) is 0 Å². The Morgan fingerprint density at radius 1 is 0.943 bits per heavy atom. The van der Waals surface area contributed by atoms with Crippen molar-refractivity contribution in [3.8, 4) is 0 Å². The largest absolute Gasteiger partial charge is 0.480 e. The van der Waals surface area contributed by atoms with E-state index in [2.05, 4.69) is 11.9 Å². The Bertz CT molecular complexity index is 568. The van der Waals surface area contributed by atoms with Gasteiger partial charge in [0, 0.05) is 12.6 Å². The van der Waals surface area contributed by atoms with Crippen LogP contribution in [-0.2, 0) is 14.3 Å².